The minimum absolute atomic E-state index is 0.458. The van der Waals surface area contributed by atoms with Crippen LogP contribution >= 0.6 is 22.7 Å². The van der Waals surface area contributed by atoms with Crippen LogP contribution in [0, 0.1) is 0 Å². The van der Waals surface area contributed by atoms with Crippen molar-refractivity contribution in [3.8, 4) is 22.0 Å². The van der Waals surface area contributed by atoms with Crippen LogP contribution in [0.15, 0.2) is 21.9 Å². The maximum Gasteiger partial charge on any atom is 0.197 e. The molecule has 1 aliphatic rings. The van der Waals surface area contributed by atoms with Crippen LogP contribution < -0.4 is 16.4 Å². The summed E-state index contributed by atoms with van der Waals surface area (Å²) < 4.78 is 0. The highest BCUT2D eigenvalue weighted by Crippen LogP contribution is 2.32. The predicted octanol–water partition coefficient (Wildman–Crippen LogP) is 2.63. The summed E-state index contributed by atoms with van der Waals surface area (Å²) in [6.07, 6.45) is 3.55. The van der Waals surface area contributed by atoms with Gasteiger partial charge in [-0.3, -0.25) is 4.99 Å². The molecule has 0 spiro atoms. The van der Waals surface area contributed by atoms with Gasteiger partial charge >= 0.3 is 0 Å². The minimum Gasteiger partial charge on any atom is -0.383 e. The number of guanidine groups is 1. The molecule has 0 aliphatic carbocycles. The lowest BCUT2D eigenvalue weighted by Crippen LogP contribution is -2.35. The van der Waals surface area contributed by atoms with Gasteiger partial charge in [0.05, 0.1) is 5.56 Å². The van der Waals surface area contributed by atoms with Crippen LogP contribution in [0.25, 0.3) is 22.0 Å². The molecule has 0 amide bonds. The summed E-state index contributed by atoms with van der Waals surface area (Å²) in [6.45, 7) is 3.77. The summed E-state index contributed by atoms with van der Waals surface area (Å²) in [5.41, 5.74) is 8.45. The zero-order chi connectivity index (χ0) is 17.9. The molecule has 0 radical (unpaired) electrons. The van der Waals surface area contributed by atoms with E-state index in [1.807, 2.05) is 17.7 Å². The van der Waals surface area contributed by atoms with Gasteiger partial charge in [-0.1, -0.05) is 6.92 Å². The third-order valence-corrected chi connectivity index (χ3v) is 5.44. The summed E-state index contributed by atoms with van der Waals surface area (Å²) in [6, 6.07) is 0. The second-order valence-corrected chi connectivity index (χ2v) is 7.37. The first kappa shape index (κ1) is 16.9. The number of hydrogen-bond acceptors (Lipinski definition) is 10. The van der Waals surface area contributed by atoms with Gasteiger partial charge in [0.2, 0.25) is 0 Å². The first-order chi connectivity index (χ1) is 12.7. The number of rotatable bonds is 4. The Balaban J connectivity index is 1.54. The maximum absolute atomic E-state index is 6.06. The van der Waals surface area contributed by atoms with Gasteiger partial charge in [-0.2, -0.15) is 0 Å². The highest BCUT2D eigenvalue weighted by atomic mass is 32.1. The molecule has 4 heterocycles. The molecule has 26 heavy (non-hydrogen) atoms. The van der Waals surface area contributed by atoms with Crippen molar-refractivity contribution in [3.05, 3.63) is 22.8 Å². The van der Waals surface area contributed by atoms with Crippen molar-refractivity contribution in [2.45, 2.75) is 19.8 Å². The Morgan fingerprint density at radius 2 is 2.04 bits per heavy atom. The van der Waals surface area contributed by atoms with Gasteiger partial charge in [0, 0.05) is 36.5 Å². The predicted molar refractivity (Wildman–Crippen MR) is 107 cm³/mol. The largest absolute Gasteiger partial charge is 0.383 e. The molecule has 0 saturated carbocycles. The monoisotopic (exact) mass is 386 g/mol. The van der Waals surface area contributed by atoms with Crippen LogP contribution in [0.2, 0.25) is 0 Å². The van der Waals surface area contributed by atoms with Crippen molar-refractivity contribution < 1.29 is 0 Å². The van der Waals surface area contributed by atoms with E-state index in [9.17, 15) is 0 Å². The quantitative estimate of drug-likeness (QED) is 0.631. The number of aliphatic imine (C=N–C) groups is 1. The van der Waals surface area contributed by atoms with Crippen molar-refractivity contribution in [1.82, 2.24) is 25.3 Å². The van der Waals surface area contributed by atoms with E-state index in [1.165, 1.54) is 22.7 Å². The number of nitrogen functional groups attached to an aromatic ring is 1. The Bertz CT molecular complexity index is 945. The Hall–Kier alpha value is -2.59. The van der Waals surface area contributed by atoms with Gasteiger partial charge in [0.25, 0.3) is 0 Å². The zero-order valence-corrected chi connectivity index (χ0v) is 15.8. The third-order valence-electron chi connectivity index (χ3n) is 3.81. The highest BCUT2D eigenvalue weighted by Gasteiger charge is 2.14. The number of nitrogens with two attached hydrogens (primary N) is 1. The number of anilines is 2. The normalized spacial score (nSPS) is 14.0. The van der Waals surface area contributed by atoms with Crippen molar-refractivity contribution in [2.75, 3.05) is 24.1 Å². The van der Waals surface area contributed by atoms with Crippen LogP contribution in [0.5, 0.6) is 0 Å². The van der Waals surface area contributed by atoms with Gasteiger partial charge in [-0.05, 0) is 6.42 Å². The molecule has 10 heteroatoms. The number of thiazole rings is 2. The van der Waals surface area contributed by atoms with Gasteiger partial charge in [0.1, 0.15) is 28.0 Å². The fourth-order valence-electron chi connectivity index (χ4n) is 2.45. The van der Waals surface area contributed by atoms with E-state index >= 15 is 0 Å². The summed E-state index contributed by atoms with van der Waals surface area (Å²) in [5, 5.41) is 12.0. The Labute approximate surface area is 158 Å². The van der Waals surface area contributed by atoms with Gasteiger partial charge in [-0.15, -0.1) is 22.7 Å². The van der Waals surface area contributed by atoms with E-state index in [-0.39, 0.29) is 0 Å². The molecule has 0 aromatic carbocycles. The number of nitrogens with zero attached hydrogens (tertiary/aromatic N) is 5. The molecule has 3 aromatic rings. The Morgan fingerprint density at radius 1 is 1.19 bits per heavy atom. The average Bonchev–Trinajstić information content (AvgIpc) is 3.32. The fraction of sp³-hybridized carbons (Fsp3) is 0.312. The molecule has 0 unspecified atom stereocenters. The highest BCUT2D eigenvalue weighted by molar-refractivity contribution is 7.14. The second kappa shape index (κ2) is 7.34. The molecular formula is C16H18N8S2. The van der Waals surface area contributed by atoms with Crippen LogP contribution in [-0.4, -0.2) is 39.0 Å². The van der Waals surface area contributed by atoms with Crippen molar-refractivity contribution in [2.24, 2.45) is 4.99 Å². The lowest BCUT2D eigenvalue weighted by atomic mass is 10.3. The molecule has 1 aliphatic heterocycles. The second-order valence-electron chi connectivity index (χ2n) is 5.65. The fourth-order valence-corrected chi connectivity index (χ4v) is 3.99. The van der Waals surface area contributed by atoms with E-state index in [2.05, 4.69) is 35.6 Å². The molecule has 0 fully saturated rings. The Morgan fingerprint density at radius 3 is 2.81 bits per heavy atom. The molecule has 4 rings (SSSR count). The van der Waals surface area contributed by atoms with E-state index < -0.39 is 0 Å². The Kier molecular flexibility index (Phi) is 4.76. The number of aromatic nitrogens is 4. The summed E-state index contributed by atoms with van der Waals surface area (Å²) >= 11 is 3.03. The average molecular weight is 387 g/mol. The van der Waals surface area contributed by atoms with Crippen LogP contribution in [0.1, 0.15) is 19.2 Å². The molecule has 4 N–H and O–H groups in total. The van der Waals surface area contributed by atoms with Crippen molar-refractivity contribution >= 4 is 39.6 Å². The number of hydrogen-bond donors (Lipinski definition) is 3. The van der Waals surface area contributed by atoms with E-state index in [0.29, 0.717) is 5.82 Å². The number of nitrogens with one attached hydrogen (secondary N) is 2. The standard InChI is InChI=1S/C16H18N8S2/c1-2-12-20-6-9(13(17)23-12)14-21-10(7-25-14)11-8-26-16(22-11)24-15-18-4-3-5-19-15/h6-8H,2-5H2,1H3,(H2,17,20,23)(H2,18,19,22,24). The van der Waals surface area contributed by atoms with Gasteiger partial charge < -0.3 is 16.4 Å². The smallest absolute Gasteiger partial charge is 0.197 e. The molecular weight excluding hydrogens is 368 g/mol. The maximum atomic E-state index is 6.06. The van der Waals surface area contributed by atoms with Crippen LogP contribution in [0.4, 0.5) is 10.9 Å². The van der Waals surface area contributed by atoms with Crippen molar-refractivity contribution in [3.63, 3.8) is 0 Å². The van der Waals surface area contributed by atoms with Gasteiger partial charge in [-0.25, -0.2) is 19.9 Å². The molecule has 0 atom stereocenters. The lowest BCUT2D eigenvalue weighted by molar-refractivity contribution is 0.740. The SMILES string of the molecule is CCc1ncc(-c2nc(-c3csc(NC4=NCCCN4)n3)cs2)c(N)n1. The summed E-state index contributed by atoms with van der Waals surface area (Å²) in [7, 11) is 0. The van der Waals surface area contributed by atoms with Crippen LogP contribution in [0.3, 0.4) is 0 Å². The van der Waals surface area contributed by atoms with Gasteiger partial charge in [0.15, 0.2) is 11.1 Å². The van der Waals surface area contributed by atoms with Crippen molar-refractivity contribution in [1.29, 1.82) is 0 Å². The lowest BCUT2D eigenvalue weighted by Gasteiger charge is -2.13. The third kappa shape index (κ3) is 3.51. The van der Waals surface area contributed by atoms with E-state index in [0.717, 1.165) is 64.8 Å². The van der Waals surface area contributed by atoms with E-state index in [4.69, 9.17) is 5.73 Å². The summed E-state index contributed by atoms with van der Waals surface area (Å²) in [5.74, 6) is 1.97. The zero-order valence-electron chi connectivity index (χ0n) is 14.2. The first-order valence-corrected chi connectivity index (χ1v) is 10.1. The van der Waals surface area contributed by atoms with Crippen LogP contribution in [-0.2, 0) is 6.42 Å². The number of aryl methyl sites for hydroxylation is 1. The first-order valence-electron chi connectivity index (χ1n) is 8.31. The van der Waals surface area contributed by atoms with E-state index in [1.54, 1.807) is 6.20 Å². The topological polar surface area (TPSA) is 114 Å². The molecule has 3 aromatic heterocycles. The molecule has 0 saturated heterocycles. The summed E-state index contributed by atoms with van der Waals surface area (Å²) in [4.78, 5) is 22.3. The minimum atomic E-state index is 0.458. The molecule has 8 nitrogen and oxygen atoms in total. The molecule has 0 bridgehead atoms. The molecule has 134 valence electrons.